The van der Waals surface area contributed by atoms with Crippen LogP contribution < -0.4 is 14.5 Å². The Morgan fingerprint density at radius 1 is 1.03 bits per heavy atom. The topological polar surface area (TPSA) is 66.0 Å². The number of carbonyl (C=O) groups is 2. The van der Waals surface area contributed by atoms with Crippen LogP contribution in [0.1, 0.15) is 23.0 Å². The fourth-order valence-electron chi connectivity index (χ4n) is 5.18. The van der Waals surface area contributed by atoms with Gasteiger partial charge in [-0.05, 0) is 49.4 Å². The third kappa shape index (κ3) is 4.53. The molecule has 2 amide bonds. The highest BCUT2D eigenvalue weighted by atomic mass is 35.5. The SMILES string of the molecule is COc1ccccc1-c1ccc(N2C[C@H]3CN(c4ccc(Cl)cc4C(F)(F)F)C(=O)N3C[C@H]2C)c(C=O)n1. The van der Waals surface area contributed by atoms with E-state index in [1.807, 2.05) is 30.0 Å². The molecule has 2 atom stereocenters. The first-order valence-corrected chi connectivity index (χ1v) is 12.3. The minimum atomic E-state index is -4.67. The summed E-state index contributed by atoms with van der Waals surface area (Å²) in [6.07, 6.45) is -3.99. The highest BCUT2D eigenvalue weighted by Crippen LogP contribution is 2.41. The van der Waals surface area contributed by atoms with E-state index in [1.165, 1.54) is 12.1 Å². The molecule has 0 saturated carbocycles. The molecule has 0 aliphatic carbocycles. The molecule has 38 heavy (non-hydrogen) atoms. The number of aromatic nitrogens is 1. The molecule has 2 aromatic carbocycles. The van der Waals surface area contributed by atoms with Crippen LogP contribution in [0, 0.1) is 0 Å². The highest BCUT2D eigenvalue weighted by Gasteiger charge is 2.46. The molecule has 0 spiro atoms. The van der Waals surface area contributed by atoms with Crippen molar-refractivity contribution in [2.24, 2.45) is 0 Å². The minimum Gasteiger partial charge on any atom is -0.496 e. The summed E-state index contributed by atoms with van der Waals surface area (Å²) in [5.74, 6) is 0.622. The quantitative estimate of drug-likeness (QED) is 0.382. The molecule has 7 nitrogen and oxygen atoms in total. The molecule has 0 unspecified atom stereocenters. The predicted octanol–water partition coefficient (Wildman–Crippen LogP) is 5.76. The number of anilines is 2. The summed E-state index contributed by atoms with van der Waals surface area (Å²) in [4.78, 5) is 34.6. The zero-order valence-corrected chi connectivity index (χ0v) is 21.3. The van der Waals surface area contributed by atoms with Gasteiger partial charge in [-0.25, -0.2) is 9.78 Å². The summed E-state index contributed by atoms with van der Waals surface area (Å²) in [6.45, 7) is 2.57. The van der Waals surface area contributed by atoms with Crippen molar-refractivity contribution in [3.05, 3.63) is 70.9 Å². The number of carbonyl (C=O) groups excluding carboxylic acids is 2. The lowest BCUT2D eigenvalue weighted by molar-refractivity contribution is -0.137. The van der Waals surface area contributed by atoms with Gasteiger partial charge in [0.1, 0.15) is 11.4 Å². The van der Waals surface area contributed by atoms with E-state index in [4.69, 9.17) is 16.3 Å². The number of methoxy groups -OCH3 is 1. The maximum Gasteiger partial charge on any atom is 0.418 e. The number of piperazine rings is 1. The van der Waals surface area contributed by atoms with Crippen LogP contribution in [0.25, 0.3) is 11.3 Å². The van der Waals surface area contributed by atoms with Crippen LogP contribution in [0.5, 0.6) is 5.75 Å². The Bertz CT molecular complexity index is 1400. The van der Waals surface area contributed by atoms with E-state index in [9.17, 15) is 22.8 Å². The van der Waals surface area contributed by atoms with Crippen molar-refractivity contribution >= 4 is 35.3 Å². The number of alkyl halides is 3. The number of ether oxygens (including phenoxy) is 1. The number of para-hydroxylation sites is 1. The summed E-state index contributed by atoms with van der Waals surface area (Å²) in [7, 11) is 1.56. The molecule has 1 aromatic heterocycles. The van der Waals surface area contributed by atoms with Crippen molar-refractivity contribution in [1.29, 1.82) is 0 Å². The maximum absolute atomic E-state index is 13.7. The number of aldehydes is 1. The molecular formula is C27H24ClF3N4O3. The van der Waals surface area contributed by atoms with Crippen LogP contribution in [-0.4, -0.2) is 61.0 Å². The predicted molar refractivity (Wildman–Crippen MR) is 138 cm³/mol. The first-order chi connectivity index (χ1) is 18.1. The Labute approximate surface area is 222 Å². The molecule has 3 heterocycles. The van der Waals surface area contributed by atoms with Crippen LogP contribution in [0.15, 0.2) is 54.6 Å². The van der Waals surface area contributed by atoms with Crippen molar-refractivity contribution in [3.8, 4) is 17.0 Å². The van der Waals surface area contributed by atoms with Gasteiger partial charge >= 0.3 is 12.2 Å². The van der Waals surface area contributed by atoms with Crippen molar-refractivity contribution in [2.45, 2.75) is 25.2 Å². The van der Waals surface area contributed by atoms with Gasteiger partial charge in [-0.1, -0.05) is 23.7 Å². The Kier molecular flexibility index (Phi) is 6.68. The van der Waals surface area contributed by atoms with Gasteiger partial charge in [0.15, 0.2) is 6.29 Å². The van der Waals surface area contributed by atoms with Gasteiger partial charge in [-0.2, -0.15) is 13.2 Å². The number of halogens is 4. The van der Waals surface area contributed by atoms with Crippen molar-refractivity contribution in [2.75, 3.05) is 36.5 Å². The number of rotatable bonds is 5. The van der Waals surface area contributed by atoms with E-state index in [1.54, 1.807) is 30.2 Å². The van der Waals surface area contributed by atoms with Crippen LogP contribution in [-0.2, 0) is 6.18 Å². The van der Waals surface area contributed by atoms with E-state index in [-0.39, 0.29) is 41.6 Å². The molecule has 2 aliphatic heterocycles. The molecule has 0 bridgehead atoms. The second-order valence-electron chi connectivity index (χ2n) is 9.28. The second-order valence-corrected chi connectivity index (χ2v) is 9.72. The Balaban J connectivity index is 1.44. The highest BCUT2D eigenvalue weighted by molar-refractivity contribution is 6.30. The molecule has 11 heteroatoms. The first-order valence-electron chi connectivity index (χ1n) is 11.9. The van der Waals surface area contributed by atoms with Gasteiger partial charge in [0.05, 0.1) is 35.8 Å². The van der Waals surface area contributed by atoms with Gasteiger partial charge in [-0.3, -0.25) is 9.69 Å². The Hall–Kier alpha value is -3.79. The van der Waals surface area contributed by atoms with Gasteiger partial charge in [0, 0.05) is 36.3 Å². The van der Waals surface area contributed by atoms with Gasteiger partial charge < -0.3 is 14.5 Å². The van der Waals surface area contributed by atoms with Crippen molar-refractivity contribution in [1.82, 2.24) is 9.88 Å². The Morgan fingerprint density at radius 2 is 1.76 bits per heavy atom. The average Bonchev–Trinajstić information content (AvgIpc) is 3.22. The summed E-state index contributed by atoms with van der Waals surface area (Å²) in [5.41, 5.74) is 0.956. The van der Waals surface area contributed by atoms with Gasteiger partial charge in [0.2, 0.25) is 0 Å². The van der Waals surface area contributed by atoms with Gasteiger partial charge in [0.25, 0.3) is 0 Å². The molecule has 0 radical (unpaired) electrons. The van der Waals surface area contributed by atoms with Crippen molar-refractivity contribution in [3.63, 3.8) is 0 Å². The number of pyridine rings is 1. The van der Waals surface area contributed by atoms with Crippen LogP contribution in [0.3, 0.4) is 0 Å². The second kappa shape index (κ2) is 9.83. The zero-order valence-electron chi connectivity index (χ0n) is 20.6. The number of urea groups is 1. The lowest BCUT2D eigenvalue weighted by Crippen LogP contribution is -2.57. The lowest BCUT2D eigenvalue weighted by atomic mass is 10.1. The third-order valence-corrected chi connectivity index (χ3v) is 7.21. The molecule has 5 rings (SSSR count). The number of hydrogen-bond donors (Lipinski definition) is 0. The summed E-state index contributed by atoms with van der Waals surface area (Å²) in [6, 6.07) is 13.3. The van der Waals surface area contributed by atoms with Crippen molar-refractivity contribution < 1.29 is 27.5 Å². The number of benzene rings is 2. The first kappa shape index (κ1) is 25.8. The summed E-state index contributed by atoms with van der Waals surface area (Å²) >= 11 is 5.83. The fourth-order valence-corrected chi connectivity index (χ4v) is 5.36. The van der Waals surface area contributed by atoms with E-state index in [0.29, 0.717) is 30.0 Å². The largest absolute Gasteiger partial charge is 0.496 e. The number of nitrogens with zero attached hydrogens (tertiary/aromatic N) is 4. The maximum atomic E-state index is 13.7. The van der Waals surface area contributed by atoms with E-state index >= 15 is 0 Å². The Morgan fingerprint density at radius 3 is 2.47 bits per heavy atom. The van der Waals surface area contributed by atoms with Gasteiger partial charge in [-0.15, -0.1) is 0 Å². The standard InChI is InChI=1S/C27H24ClF3N4O3/c1-16-12-34-18(14-35(26(34)37)23-9-7-17(28)11-20(23)27(29,30)31)13-33(16)24-10-8-21(32-22(24)15-36)19-5-3-4-6-25(19)38-2/h3-11,15-16,18H,12-14H2,1-2H3/t16-,18+/m1/s1. The van der Waals surface area contributed by atoms with E-state index in [2.05, 4.69) is 4.98 Å². The molecule has 2 aliphatic rings. The van der Waals surface area contributed by atoms with E-state index < -0.39 is 17.8 Å². The molecule has 2 fully saturated rings. The normalized spacial score (nSPS) is 19.5. The number of fused-ring (bicyclic) bond motifs is 1. The smallest absolute Gasteiger partial charge is 0.418 e. The zero-order chi connectivity index (χ0) is 27.2. The summed E-state index contributed by atoms with van der Waals surface area (Å²) < 4.78 is 46.7. The van der Waals surface area contributed by atoms with E-state index in [0.717, 1.165) is 16.5 Å². The molecule has 198 valence electrons. The number of hydrogen-bond acceptors (Lipinski definition) is 5. The summed E-state index contributed by atoms with van der Waals surface area (Å²) in [5, 5.41) is -0.0595. The van der Waals surface area contributed by atoms with Crippen LogP contribution in [0.4, 0.5) is 29.3 Å². The number of amides is 2. The van der Waals surface area contributed by atoms with Crippen LogP contribution >= 0.6 is 11.6 Å². The average molecular weight is 545 g/mol. The molecule has 0 N–H and O–H groups in total. The van der Waals surface area contributed by atoms with Crippen LogP contribution in [0.2, 0.25) is 5.02 Å². The molecule has 3 aromatic rings. The molecular weight excluding hydrogens is 521 g/mol. The monoisotopic (exact) mass is 544 g/mol. The molecule has 2 saturated heterocycles. The third-order valence-electron chi connectivity index (χ3n) is 6.97. The fraction of sp³-hybridized carbons (Fsp3) is 0.296. The lowest BCUT2D eigenvalue weighted by Gasteiger charge is -2.42. The minimum absolute atomic E-state index is 0.0595.